The first-order valence-electron chi connectivity index (χ1n) is 6.75. The molecule has 0 aromatic carbocycles. The first-order chi connectivity index (χ1) is 9.26. The molecule has 1 aliphatic heterocycles. The van der Waals surface area contributed by atoms with Crippen molar-refractivity contribution in [3.8, 4) is 0 Å². The van der Waals surface area contributed by atoms with E-state index < -0.39 is 0 Å². The molecule has 0 saturated carbocycles. The highest BCUT2D eigenvalue weighted by Gasteiger charge is 2.16. The summed E-state index contributed by atoms with van der Waals surface area (Å²) in [6, 6.07) is 0. The minimum atomic E-state index is 0.748. The molecule has 3 heterocycles. The van der Waals surface area contributed by atoms with Gasteiger partial charge in [0.15, 0.2) is 0 Å². The van der Waals surface area contributed by atoms with Gasteiger partial charge in [-0.3, -0.25) is 0 Å². The summed E-state index contributed by atoms with van der Waals surface area (Å²) in [4.78, 5) is 14.0. The number of fused-ring (bicyclic) bond motifs is 1. The maximum Gasteiger partial charge on any atom is 0.134 e. The molecule has 100 valence electrons. The quantitative estimate of drug-likeness (QED) is 0.930. The molecule has 0 aliphatic carbocycles. The molecule has 4 nitrogen and oxygen atoms in total. The van der Waals surface area contributed by atoms with Crippen molar-refractivity contribution < 1.29 is 0 Å². The summed E-state index contributed by atoms with van der Waals surface area (Å²) < 4.78 is 0. The zero-order chi connectivity index (χ0) is 13.2. The molecular formula is C14H18N4S. The Balaban J connectivity index is 1.93. The molecule has 0 amide bonds. The van der Waals surface area contributed by atoms with E-state index in [-0.39, 0.29) is 0 Å². The van der Waals surface area contributed by atoms with E-state index in [9.17, 15) is 0 Å². The third-order valence-electron chi connectivity index (χ3n) is 3.41. The van der Waals surface area contributed by atoms with Gasteiger partial charge in [-0.05, 0) is 13.3 Å². The lowest BCUT2D eigenvalue weighted by Gasteiger charge is -2.19. The third kappa shape index (κ3) is 2.67. The lowest BCUT2D eigenvalue weighted by atomic mass is 10.0. The van der Waals surface area contributed by atoms with Crippen molar-refractivity contribution in [3.63, 3.8) is 0 Å². The van der Waals surface area contributed by atoms with Gasteiger partial charge in [0, 0.05) is 36.1 Å². The highest BCUT2D eigenvalue weighted by Crippen LogP contribution is 2.18. The molecule has 0 bridgehead atoms. The highest BCUT2D eigenvalue weighted by molar-refractivity contribution is 7.09. The Hall–Kier alpha value is -1.33. The van der Waals surface area contributed by atoms with Crippen molar-refractivity contribution in [2.75, 3.05) is 6.54 Å². The zero-order valence-corrected chi connectivity index (χ0v) is 12.2. The van der Waals surface area contributed by atoms with Crippen molar-refractivity contribution in [1.82, 2.24) is 20.3 Å². The van der Waals surface area contributed by atoms with Gasteiger partial charge in [-0.15, -0.1) is 11.3 Å². The predicted octanol–water partition coefficient (Wildman–Crippen LogP) is 2.04. The Kier molecular flexibility index (Phi) is 3.57. The van der Waals surface area contributed by atoms with Crippen molar-refractivity contribution in [2.45, 2.75) is 39.7 Å². The minimum absolute atomic E-state index is 0.748. The Labute approximate surface area is 117 Å². The van der Waals surface area contributed by atoms with Gasteiger partial charge in [-0.1, -0.05) is 6.92 Å². The summed E-state index contributed by atoms with van der Waals surface area (Å²) in [5, 5.41) is 6.60. The van der Waals surface area contributed by atoms with E-state index in [1.54, 1.807) is 11.3 Å². The number of rotatable bonds is 3. The number of thiazole rings is 1. The molecule has 0 spiro atoms. The maximum atomic E-state index is 4.74. The number of hydrogen-bond acceptors (Lipinski definition) is 5. The lowest BCUT2D eigenvalue weighted by Crippen LogP contribution is -2.27. The Morgan fingerprint density at radius 1 is 1.32 bits per heavy atom. The molecule has 2 aromatic heterocycles. The van der Waals surface area contributed by atoms with E-state index in [2.05, 4.69) is 22.6 Å². The molecule has 0 unspecified atom stereocenters. The van der Waals surface area contributed by atoms with E-state index in [0.29, 0.717) is 0 Å². The van der Waals surface area contributed by atoms with Crippen LogP contribution in [0.3, 0.4) is 0 Å². The van der Waals surface area contributed by atoms with Crippen LogP contribution in [0.4, 0.5) is 0 Å². The molecule has 0 atom stereocenters. The number of aryl methyl sites for hydroxylation is 2. The summed E-state index contributed by atoms with van der Waals surface area (Å²) in [6.45, 7) is 6.12. The minimum Gasteiger partial charge on any atom is -0.312 e. The van der Waals surface area contributed by atoms with Gasteiger partial charge in [-0.2, -0.15) is 0 Å². The van der Waals surface area contributed by atoms with Crippen molar-refractivity contribution in [2.24, 2.45) is 0 Å². The normalized spacial score (nSPS) is 14.4. The largest absolute Gasteiger partial charge is 0.312 e. The molecule has 2 aromatic rings. The van der Waals surface area contributed by atoms with Crippen molar-refractivity contribution >= 4 is 11.3 Å². The van der Waals surface area contributed by atoms with E-state index in [0.717, 1.165) is 48.9 Å². The summed E-state index contributed by atoms with van der Waals surface area (Å²) in [7, 11) is 0. The van der Waals surface area contributed by atoms with Gasteiger partial charge in [0.05, 0.1) is 22.8 Å². The molecule has 5 heteroatoms. The van der Waals surface area contributed by atoms with Crippen LogP contribution in [0.15, 0.2) is 5.38 Å². The second kappa shape index (κ2) is 5.35. The summed E-state index contributed by atoms with van der Waals surface area (Å²) in [5.74, 6) is 0.919. The van der Waals surface area contributed by atoms with Crippen molar-refractivity contribution in [1.29, 1.82) is 0 Å². The number of nitrogens with zero attached hydrogens (tertiary/aromatic N) is 3. The van der Waals surface area contributed by atoms with E-state index in [1.807, 2.05) is 6.92 Å². The van der Waals surface area contributed by atoms with E-state index >= 15 is 0 Å². The summed E-state index contributed by atoms with van der Waals surface area (Å²) in [6.07, 6.45) is 2.72. The number of aromatic nitrogens is 3. The second-order valence-corrected chi connectivity index (χ2v) is 5.89. The third-order valence-corrected chi connectivity index (χ3v) is 4.23. The summed E-state index contributed by atoms with van der Waals surface area (Å²) >= 11 is 1.69. The topological polar surface area (TPSA) is 50.7 Å². The first kappa shape index (κ1) is 12.7. The van der Waals surface area contributed by atoms with Gasteiger partial charge in [0.2, 0.25) is 0 Å². The van der Waals surface area contributed by atoms with Crippen LogP contribution in [0.25, 0.3) is 0 Å². The highest BCUT2D eigenvalue weighted by atomic mass is 32.1. The Morgan fingerprint density at radius 2 is 2.21 bits per heavy atom. The molecule has 19 heavy (non-hydrogen) atoms. The average molecular weight is 274 g/mol. The van der Waals surface area contributed by atoms with Crippen LogP contribution < -0.4 is 5.32 Å². The Bertz CT molecular complexity index is 574. The maximum absolute atomic E-state index is 4.74. The average Bonchev–Trinajstić information content (AvgIpc) is 2.83. The molecule has 1 aliphatic rings. The monoisotopic (exact) mass is 274 g/mol. The number of hydrogen-bond donors (Lipinski definition) is 1. The molecule has 3 rings (SSSR count). The SMILES string of the molecule is CCc1nc(Cc2csc(C)n2)nc2c1CNCC2. The molecule has 0 fully saturated rings. The summed E-state index contributed by atoms with van der Waals surface area (Å²) in [5.41, 5.74) is 4.82. The first-order valence-corrected chi connectivity index (χ1v) is 7.63. The lowest BCUT2D eigenvalue weighted by molar-refractivity contribution is 0.611. The molecule has 1 N–H and O–H groups in total. The van der Waals surface area contributed by atoms with Crippen LogP contribution in [0.1, 0.15) is 40.4 Å². The molecule has 0 saturated heterocycles. The van der Waals surface area contributed by atoms with Crippen LogP contribution in [-0.2, 0) is 25.8 Å². The number of nitrogens with one attached hydrogen (secondary N) is 1. The van der Waals surface area contributed by atoms with Gasteiger partial charge in [0.1, 0.15) is 5.82 Å². The van der Waals surface area contributed by atoms with Gasteiger partial charge in [-0.25, -0.2) is 15.0 Å². The van der Waals surface area contributed by atoms with E-state index in [4.69, 9.17) is 9.97 Å². The van der Waals surface area contributed by atoms with Crippen LogP contribution in [0, 0.1) is 6.92 Å². The smallest absolute Gasteiger partial charge is 0.134 e. The Morgan fingerprint density at radius 3 is 2.95 bits per heavy atom. The van der Waals surface area contributed by atoms with Gasteiger partial charge < -0.3 is 5.32 Å². The van der Waals surface area contributed by atoms with Gasteiger partial charge in [0.25, 0.3) is 0 Å². The molecular weight excluding hydrogens is 256 g/mol. The van der Waals surface area contributed by atoms with E-state index in [1.165, 1.54) is 17.0 Å². The zero-order valence-electron chi connectivity index (χ0n) is 11.4. The van der Waals surface area contributed by atoms with Crippen LogP contribution >= 0.6 is 11.3 Å². The second-order valence-electron chi connectivity index (χ2n) is 4.83. The van der Waals surface area contributed by atoms with Crippen LogP contribution in [0.5, 0.6) is 0 Å². The van der Waals surface area contributed by atoms with Crippen LogP contribution in [-0.4, -0.2) is 21.5 Å². The van der Waals surface area contributed by atoms with Crippen LogP contribution in [0.2, 0.25) is 0 Å². The fraction of sp³-hybridized carbons (Fsp3) is 0.500. The predicted molar refractivity (Wildman–Crippen MR) is 76.5 cm³/mol. The fourth-order valence-corrected chi connectivity index (χ4v) is 3.10. The van der Waals surface area contributed by atoms with Gasteiger partial charge >= 0.3 is 0 Å². The fourth-order valence-electron chi connectivity index (χ4n) is 2.49. The standard InChI is InChI=1S/C14H18N4S/c1-3-12-11-7-15-5-4-13(11)18-14(17-12)6-10-8-19-9(2)16-10/h8,15H,3-7H2,1-2H3. The molecule has 0 radical (unpaired) electrons. The van der Waals surface area contributed by atoms with Crippen molar-refractivity contribution in [3.05, 3.63) is 38.9 Å².